The zero-order chi connectivity index (χ0) is 11.1. The Hall–Kier alpha value is -1.36. The van der Waals surface area contributed by atoms with Crippen LogP contribution in [0.15, 0.2) is 33.9 Å². The van der Waals surface area contributed by atoms with Crippen LogP contribution in [-0.2, 0) is 9.84 Å². The first kappa shape index (κ1) is 10.2. The topological polar surface area (TPSA) is 60.2 Å². The normalized spacial score (nSPS) is 12.5. The van der Waals surface area contributed by atoms with Crippen LogP contribution in [-0.4, -0.2) is 18.7 Å². The van der Waals surface area contributed by atoms with Crippen molar-refractivity contribution in [2.45, 2.75) is 24.3 Å². The van der Waals surface area contributed by atoms with Crippen molar-refractivity contribution in [3.63, 3.8) is 0 Å². The van der Waals surface area contributed by atoms with Gasteiger partial charge in [-0.05, 0) is 26.0 Å². The van der Waals surface area contributed by atoms with Crippen molar-refractivity contribution in [3.05, 3.63) is 24.3 Å². The van der Waals surface area contributed by atoms with E-state index in [1.807, 2.05) is 0 Å². The van der Waals surface area contributed by atoms with E-state index in [4.69, 9.17) is 4.42 Å². The second-order valence-electron chi connectivity index (χ2n) is 3.54. The molecule has 0 unspecified atom stereocenters. The van der Waals surface area contributed by atoms with Crippen LogP contribution in [0.4, 0.5) is 0 Å². The minimum absolute atomic E-state index is 0.196. The first-order valence-corrected chi connectivity index (χ1v) is 6.16. The van der Waals surface area contributed by atoms with Gasteiger partial charge in [0.15, 0.2) is 5.58 Å². The SMILES string of the molecule is CC(C)S(=O)(=O)c1nc2ccccc2o1. The highest BCUT2D eigenvalue weighted by molar-refractivity contribution is 7.91. The first-order chi connectivity index (χ1) is 7.01. The number of sulfone groups is 1. The van der Waals surface area contributed by atoms with Crippen LogP contribution < -0.4 is 0 Å². The average Bonchev–Trinajstić information content (AvgIpc) is 2.61. The third-order valence-electron chi connectivity index (χ3n) is 2.14. The first-order valence-electron chi connectivity index (χ1n) is 4.61. The van der Waals surface area contributed by atoms with Crippen molar-refractivity contribution in [2.24, 2.45) is 0 Å². The zero-order valence-corrected chi connectivity index (χ0v) is 9.28. The van der Waals surface area contributed by atoms with E-state index in [0.717, 1.165) is 0 Å². The minimum Gasteiger partial charge on any atom is -0.428 e. The van der Waals surface area contributed by atoms with Crippen LogP contribution >= 0.6 is 0 Å². The molecule has 1 heterocycles. The maximum Gasteiger partial charge on any atom is 0.316 e. The van der Waals surface area contributed by atoms with Crippen LogP contribution in [0.3, 0.4) is 0 Å². The summed E-state index contributed by atoms with van der Waals surface area (Å²) in [6, 6.07) is 6.98. The minimum atomic E-state index is -3.42. The number of rotatable bonds is 2. The molecular formula is C10H11NO3S. The number of para-hydroxylation sites is 2. The molecule has 0 atom stereocenters. The monoisotopic (exact) mass is 225 g/mol. The van der Waals surface area contributed by atoms with Crippen molar-refractivity contribution in [2.75, 3.05) is 0 Å². The predicted octanol–water partition coefficient (Wildman–Crippen LogP) is 2.01. The molecule has 5 heteroatoms. The van der Waals surface area contributed by atoms with Gasteiger partial charge in [0.25, 0.3) is 0 Å². The number of aromatic nitrogens is 1. The third kappa shape index (κ3) is 1.63. The molecule has 0 amide bonds. The number of benzene rings is 1. The highest BCUT2D eigenvalue weighted by Gasteiger charge is 2.25. The molecule has 0 spiro atoms. The molecule has 0 aliphatic heterocycles. The fraction of sp³-hybridized carbons (Fsp3) is 0.300. The fourth-order valence-electron chi connectivity index (χ4n) is 1.17. The summed E-state index contributed by atoms with van der Waals surface area (Å²) >= 11 is 0. The van der Waals surface area contributed by atoms with Crippen LogP contribution in [0.2, 0.25) is 0 Å². The van der Waals surface area contributed by atoms with Gasteiger partial charge < -0.3 is 4.42 Å². The lowest BCUT2D eigenvalue weighted by atomic mass is 10.3. The molecule has 1 aromatic carbocycles. The molecule has 0 bridgehead atoms. The summed E-state index contributed by atoms with van der Waals surface area (Å²) in [6.07, 6.45) is 0. The Morgan fingerprint density at radius 1 is 1.27 bits per heavy atom. The van der Waals surface area contributed by atoms with Crippen LogP contribution in [0.5, 0.6) is 0 Å². The second-order valence-corrected chi connectivity index (χ2v) is 5.92. The van der Waals surface area contributed by atoms with Crippen molar-refractivity contribution >= 4 is 20.9 Å². The quantitative estimate of drug-likeness (QED) is 0.784. The zero-order valence-electron chi connectivity index (χ0n) is 8.47. The van der Waals surface area contributed by atoms with Crippen molar-refractivity contribution in [1.82, 2.24) is 4.98 Å². The summed E-state index contributed by atoms with van der Waals surface area (Å²) in [7, 11) is -3.42. The van der Waals surface area contributed by atoms with Gasteiger partial charge in [-0.1, -0.05) is 12.1 Å². The molecule has 0 radical (unpaired) electrons. The van der Waals surface area contributed by atoms with Gasteiger partial charge in [0.1, 0.15) is 5.52 Å². The summed E-state index contributed by atoms with van der Waals surface area (Å²) in [5.74, 6) is 0. The Kier molecular flexibility index (Phi) is 2.26. The molecule has 4 nitrogen and oxygen atoms in total. The Labute approximate surface area is 87.8 Å². The number of hydrogen-bond donors (Lipinski definition) is 0. The Morgan fingerprint density at radius 3 is 2.53 bits per heavy atom. The Balaban J connectivity index is 2.64. The van der Waals surface area contributed by atoms with E-state index < -0.39 is 15.1 Å². The lowest BCUT2D eigenvalue weighted by Crippen LogP contribution is -2.14. The van der Waals surface area contributed by atoms with Gasteiger partial charge in [-0.3, -0.25) is 0 Å². The Bertz CT molecular complexity index is 550. The van der Waals surface area contributed by atoms with Crippen LogP contribution in [0.1, 0.15) is 13.8 Å². The third-order valence-corrected chi connectivity index (χ3v) is 4.04. The van der Waals surface area contributed by atoms with E-state index >= 15 is 0 Å². The molecule has 1 aromatic heterocycles. The molecule has 0 saturated carbocycles. The summed E-state index contributed by atoms with van der Waals surface area (Å²) < 4.78 is 28.7. The van der Waals surface area contributed by atoms with E-state index in [1.54, 1.807) is 38.1 Å². The number of fused-ring (bicyclic) bond motifs is 1. The van der Waals surface area contributed by atoms with Gasteiger partial charge in [-0.15, -0.1) is 0 Å². The molecule has 80 valence electrons. The van der Waals surface area contributed by atoms with Crippen LogP contribution in [0.25, 0.3) is 11.1 Å². The lowest BCUT2D eigenvalue weighted by molar-refractivity contribution is 0.455. The molecule has 2 aromatic rings. The van der Waals surface area contributed by atoms with Gasteiger partial charge in [0.05, 0.1) is 5.25 Å². The van der Waals surface area contributed by atoms with E-state index in [1.165, 1.54) is 0 Å². The molecular weight excluding hydrogens is 214 g/mol. The summed E-state index contributed by atoms with van der Waals surface area (Å²) in [5.41, 5.74) is 1.06. The highest BCUT2D eigenvalue weighted by atomic mass is 32.2. The van der Waals surface area contributed by atoms with Crippen molar-refractivity contribution < 1.29 is 12.8 Å². The summed E-state index contributed by atoms with van der Waals surface area (Å²) in [4.78, 5) is 3.95. The average molecular weight is 225 g/mol. The van der Waals surface area contributed by atoms with Crippen LogP contribution in [0, 0.1) is 0 Å². The summed E-state index contributed by atoms with van der Waals surface area (Å²) in [5, 5.41) is -0.718. The Morgan fingerprint density at radius 2 is 1.93 bits per heavy atom. The van der Waals surface area contributed by atoms with Gasteiger partial charge in [0.2, 0.25) is 9.84 Å². The maximum absolute atomic E-state index is 11.7. The molecule has 2 rings (SSSR count). The van der Waals surface area contributed by atoms with Crippen molar-refractivity contribution in [3.8, 4) is 0 Å². The van der Waals surface area contributed by atoms with E-state index in [0.29, 0.717) is 11.1 Å². The number of hydrogen-bond acceptors (Lipinski definition) is 4. The molecule has 0 aliphatic rings. The standard InChI is InChI=1S/C10H11NO3S/c1-7(2)15(12,13)10-11-8-5-3-4-6-9(8)14-10/h3-7H,1-2H3. The van der Waals surface area contributed by atoms with Crippen molar-refractivity contribution in [1.29, 1.82) is 0 Å². The van der Waals surface area contributed by atoms with Gasteiger partial charge in [0, 0.05) is 0 Å². The van der Waals surface area contributed by atoms with E-state index in [-0.39, 0.29) is 5.22 Å². The van der Waals surface area contributed by atoms with E-state index in [2.05, 4.69) is 4.98 Å². The number of nitrogens with zero attached hydrogens (tertiary/aromatic N) is 1. The summed E-state index contributed by atoms with van der Waals surface area (Å²) in [6.45, 7) is 3.20. The van der Waals surface area contributed by atoms with Gasteiger partial charge in [-0.25, -0.2) is 8.42 Å². The molecule has 0 fully saturated rings. The highest BCUT2D eigenvalue weighted by Crippen LogP contribution is 2.21. The second kappa shape index (κ2) is 3.34. The van der Waals surface area contributed by atoms with E-state index in [9.17, 15) is 8.42 Å². The maximum atomic E-state index is 11.7. The molecule has 15 heavy (non-hydrogen) atoms. The molecule has 0 saturated heterocycles. The van der Waals surface area contributed by atoms with Gasteiger partial charge in [-0.2, -0.15) is 4.98 Å². The number of oxazole rings is 1. The fourth-order valence-corrected chi connectivity index (χ4v) is 2.01. The smallest absolute Gasteiger partial charge is 0.316 e. The molecule has 0 aliphatic carbocycles. The largest absolute Gasteiger partial charge is 0.428 e. The molecule has 0 N–H and O–H groups in total. The lowest BCUT2D eigenvalue weighted by Gasteiger charge is -2.00. The van der Waals surface area contributed by atoms with Gasteiger partial charge >= 0.3 is 5.22 Å². The predicted molar refractivity (Wildman–Crippen MR) is 56.3 cm³/mol.